The summed E-state index contributed by atoms with van der Waals surface area (Å²) in [5.74, 6) is -12.2. The van der Waals surface area contributed by atoms with Crippen LogP contribution in [0.25, 0.3) is 0 Å². The topological polar surface area (TPSA) is 0 Å². The van der Waals surface area contributed by atoms with Crippen LogP contribution >= 0.6 is 0 Å². The highest BCUT2D eigenvalue weighted by Gasteiger charge is 2.68. The molecular formula is C6H3F11. The minimum atomic E-state index is -6.55. The average molecular weight is 284 g/mol. The van der Waals surface area contributed by atoms with Crippen LogP contribution in [0.2, 0.25) is 0 Å². The molecule has 0 aliphatic carbocycles. The molecular weight excluding hydrogens is 281 g/mol. The fourth-order valence-corrected chi connectivity index (χ4v) is 0.647. The molecule has 0 spiro atoms. The molecule has 104 valence electrons. The monoisotopic (exact) mass is 284 g/mol. The molecule has 11 heteroatoms. The lowest BCUT2D eigenvalue weighted by atomic mass is 10.1. The van der Waals surface area contributed by atoms with Crippen LogP contribution < -0.4 is 0 Å². The van der Waals surface area contributed by atoms with Gasteiger partial charge in [0.05, 0.1) is 6.42 Å². The van der Waals surface area contributed by atoms with Crippen LogP contribution in [0.4, 0.5) is 48.3 Å². The SMILES string of the molecule is FC(CC(F)(F)C(F)(F)F)C(F)(F)C(F)(F)F. The lowest BCUT2D eigenvalue weighted by Crippen LogP contribution is -2.49. The van der Waals surface area contributed by atoms with E-state index in [-0.39, 0.29) is 0 Å². The normalized spacial score (nSPS) is 17.1. The van der Waals surface area contributed by atoms with Gasteiger partial charge in [-0.05, 0) is 0 Å². The van der Waals surface area contributed by atoms with Gasteiger partial charge in [0.2, 0.25) is 0 Å². The second-order valence-electron chi connectivity index (χ2n) is 2.99. The summed E-state index contributed by atoms with van der Waals surface area (Å²) in [5, 5.41) is 0. The van der Waals surface area contributed by atoms with Gasteiger partial charge >= 0.3 is 24.2 Å². The predicted octanol–water partition coefficient (Wildman–Crippen LogP) is 4.11. The third kappa shape index (κ3) is 3.35. The summed E-state index contributed by atoms with van der Waals surface area (Å²) in [6.07, 6.45) is -20.9. The molecule has 0 saturated carbocycles. The van der Waals surface area contributed by atoms with E-state index in [9.17, 15) is 48.3 Å². The first-order valence-corrected chi connectivity index (χ1v) is 3.66. The highest BCUT2D eigenvalue weighted by Crippen LogP contribution is 2.46. The van der Waals surface area contributed by atoms with E-state index in [1.54, 1.807) is 0 Å². The lowest BCUT2D eigenvalue weighted by molar-refractivity contribution is -0.327. The molecule has 1 atom stereocenters. The molecule has 0 saturated heterocycles. The Morgan fingerprint density at radius 1 is 0.647 bits per heavy atom. The van der Waals surface area contributed by atoms with E-state index in [1.807, 2.05) is 0 Å². The van der Waals surface area contributed by atoms with Crippen molar-refractivity contribution in [3.05, 3.63) is 0 Å². The van der Waals surface area contributed by atoms with Gasteiger partial charge in [0.15, 0.2) is 6.17 Å². The summed E-state index contributed by atoms with van der Waals surface area (Å²) in [7, 11) is 0. The highest BCUT2D eigenvalue weighted by atomic mass is 19.4. The predicted molar refractivity (Wildman–Crippen MR) is 31.5 cm³/mol. The standard InChI is InChI=1S/C6H3F11/c7-2(4(10,11)6(15,16)17)1-3(8,9)5(12,13)14/h2H,1H2. The van der Waals surface area contributed by atoms with Crippen molar-refractivity contribution in [2.45, 2.75) is 36.8 Å². The lowest BCUT2D eigenvalue weighted by Gasteiger charge is -2.27. The van der Waals surface area contributed by atoms with E-state index < -0.39 is 36.8 Å². The summed E-state index contributed by atoms with van der Waals surface area (Å²) >= 11 is 0. The van der Waals surface area contributed by atoms with Gasteiger partial charge in [-0.1, -0.05) is 0 Å². The minimum Gasteiger partial charge on any atom is -0.240 e. The van der Waals surface area contributed by atoms with Gasteiger partial charge in [-0.2, -0.15) is 43.9 Å². The third-order valence-corrected chi connectivity index (χ3v) is 1.62. The van der Waals surface area contributed by atoms with Gasteiger partial charge in [-0.15, -0.1) is 0 Å². The number of halogens is 11. The number of hydrogen-bond acceptors (Lipinski definition) is 0. The maximum atomic E-state index is 12.3. The average Bonchev–Trinajstić information content (AvgIpc) is 1.98. The van der Waals surface area contributed by atoms with Crippen LogP contribution in [0.5, 0.6) is 0 Å². The summed E-state index contributed by atoms with van der Waals surface area (Å²) in [6.45, 7) is 0. The van der Waals surface area contributed by atoms with Crippen molar-refractivity contribution in [1.82, 2.24) is 0 Å². The molecule has 0 nitrogen and oxygen atoms in total. The molecule has 0 bridgehead atoms. The van der Waals surface area contributed by atoms with E-state index in [2.05, 4.69) is 0 Å². The second kappa shape index (κ2) is 4.16. The first-order chi connectivity index (χ1) is 7.13. The minimum absolute atomic E-state index is 3.30. The van der Waals surface area contributed by atoms with Crippen LogP contribution in [-0.4, -0.2) is 30.4 Å². The van der Waals surface area contributed by atoms with Crippen molar-refractivity contribution in [3.63, 3.8) is 0 Å². The molecule has 0 rings (SSSR count). The Labute approximate surface area is 86.4 Å². The second-order valence-corrected chi connectivity index (χ2v) is 2.99. The Morgan fingerprint density at radius 3 is 1.24 bits per heavy atom. The number of hydrogen-bond donors (Lipinski definition) is 0. The Balaban J connectivity index is 4.95. The van der Waals surface area contributed by atoms with Crippen LogP contribution in [0, 0.1) is 0 Å². The quantitative estimate of drug-likeness (QED) is 0.684. The van der Waals surface area contributed by atoms with E-state index in [4.69, 9.17) is 0 Å². The maximum absolute atomic E-state index is 12.3. The van der Waals surface area contributed by atoms with Crippen molar-refractivity contribution >= 4 is 0 Å². The van der Waals surface area contributed by atoms with Crippen LogP contribution in [0.1, 0.15) is 6.42 Å². The third-order valence-electron chi connectivity index (χ3n) is 1.62. The molecule has 0 aromatic carbocycles. The molecule has 0 heterocycles. The van der Waals surface area contributed by atoms with Gasteiger partial charge in [0.1, 0.15) is 0 Å². The van der Waals surface area contributed by atoms with E-state index in [0.717, 1.165) is 0 Å². The van der Waals surface area contributed by atoms with Crippen molar-refractivity contribution in [2.24, 2.45) is 0 Å². The maximum Gasteiger partial charge on any atom is 0.456 e. The fraction of sp³-hybridized carbons (Fsp3) is 1.00. The van der Waals surface area contributed by atoms with Crippen LogP contribution in [0.15, 0.2) is 0 Å². The zero-order valence-electron chi connectivity index (χ0n) is 7.44. The van der Waals surface area contributed by atoms with Crippen LogP contribution in [-0.2, 0) is 0 Å². The Hall–Kier alpha value is -0.770. The van der Waals surface area contributed by atoms with Gasteiger partial charge in [-0.3, -0.25) is 0 Å². The zero-order chi connectivity index (χ0) is 14.3. The summed E-state index contributed by atoms with van der Waals surface area (Å²) in [4.78, 5) is 0. The molecule has 0 fully saturated rings. The Kier molecular flexibility index (Phi) is 3.97. The van der Waals surface area contributed by atoms with Crippen LogP contribution in [0.3, 0.4) is 0 Å². The zero-order valence-corrected chi connectivity index (χ0v) is 7.44. The number of alkyl halides is 11. The molecule has 0 radical (unpaired) electrons. The van der Waals surface area contributed by atoms with Gasteiger partial charge in [-0.25, -0.2) is 4.39 Å². The van der Waals surface area contributed by atoms with Crippen molar-refractivity contribution in [3.8, 4) is 0 Å². The number of rotatable bonds is 3. The van der Waals surface area contributed by atoms with Gasteiger partial charge in [0, 0.05) is 0 Å². The van der Waals surface area contributed by atoms with Gasteiger partial charge in [0.25, 0.3) is 0 Å². The molecule has 0 aliphatic heterocycles. The Bertz CT molecular complexity index is 258. The van der Waals surface area contributed by atoms with E-state index in [1.165, 1.54) is 0 Å². The highest BCUT2D eigenvalue weighted by molar-refractivity contribution is 4.90. The van der Waals surface area contributed by atoms with Crippen molar-refractivity contribution < 1.29 is 48.3 Å². The summed E-state index contributed by atoms with van der Waals surface area (Å²) in [5.41, 5.74) is 0. The molecule has 0 aromatic rings. The molecule has 1 unspecified atom stereocenters. The molecule has 17 heavy (non-hydrogen) atoms. The summed E-state index contributed by atoms with van der Waals surface area (Å²) in [6, 6.07) is 0. The molecule has 0 amide bonds. The molecule has 0 aliphatic rings. The first kappa shape index (κ1) is 16.2. The van der Waals surface area contributed by atoms with E-state index in [0.29, 0.717) is 0 Å². The van der Waals surface area contributed by atoms with Crippen molar-refractivity contribution in [1.29, 1.82) is 0 Å². The molecule has 0 aromatic heterocycles. The molecule has 0 N–H and O–H groups in total. The first-order valence-electron chi connectivity index (χ1n) is 3.66. The van der Waals surface area contributed by atoms with Gasteiger partial charge < -0.3 is 0 Å². The fourth-order valence-electron chi connectivity index (χ4n) is 0.647. The smallest absolute Gasteiger partial charge is 0.240 e. The Morgan fingerprint density at radius 2 is 1.00 bits per heavy atom. The van der Waals surface area contributed by atoms with Crippen molar-refractivity contribution in [2.75, 3.05) is 0 Å². The largest absolute Gasteiger partial charge is 0.456 e. The van der Waals surface area contributed by atoms with E-state index >= 15 is 0 Å². The summed E-state index contributed by atoms with van der Waals surface area (Å²) < 4.78 is 129.